The Bertz CT molecular complexity index is 1110. The molecule has 2 N–H and O–H groups in total. The first-order chi connectivity index (χ1) is 14.1. The molecule has 4 rings (SSSR count). The van der Waals surface area contributed by atoms with E-state index in [0.29, 0.717) is 17.4 Å². The van der Waals surface area contributed by atoms with Crippen molar-refractivity contribution in [1.82, 2.24) is 9.61 Å². The fourth-order valence-corrected chi connectivity index (χ4v) is 4.72. The lowest BCUT2D eigenvalue weighted by atomic mass is 9.99. The van der Waals surface area contributed by atoms with Crippen molar-refractivity contribution in [1.29, 1.82) is 5.26 Å². The van der Waals surface area contributed by atoms with Crippen LogP contribution in [0, 0.1) is 11.3 Å². The predicted octanol–water partition coefficient (Wildman–Crippen LogP) is 4.51. The third-order valence-electron chi connectivity index (χ3n) is 5.58. The minimum atomic E-state index is -2.01. The van der Waals surface area contributed by atoms with Crippen LogP contribution in [0.15, 0.2) is 36.4 Å². The average Bonchev–Trinajstić information content (AvgIpc) is 3.37. The monoisotopic (exact) mass is 408 g/mol. The van der Waals surface area contributed by atoms with Crippen LogP contribution in [0.4, 0.5) is 5.82 Å². The number of nitrogens with zero attached hydrogens (tertiary/aromatic N) is 3. The highest BCUT2D eigenvalue weighted by atomic mass is 32.2. The third kappa shape index (κ3) is 3.91. The van der Waals surface area contributed by atoms with E-state index >= 15 is 0 Å². The van der Waals surface area contributed by atoms with Crippen LogP contribution in [0.1, 0.15) is 49.4 Å². The topological polar surface area (TPSA) is 90.4 Å². The van der Waals surface area contributed by atoms with E-state index in [0.717, 1.165) is 47.2 Å². The lowest BCUT2D eigenvalue weighted by Crippen LogP contribution is -2.19. The van der Waals surface area contributed by atoms with Gasteiger partial charge in [0.05, 0.1) is 22.9 Å². The lowest BCUT2D eigenvalue weighted by molar-refractivity contribution is 0.563. The molecule has 1 unspecified atom stereocenters. The number of aryl methyl sites for hydroxylation is 1. The van der Waals surface area contributed by atoms with Gasteiger partial charge in [-0.25, -0.2) is 8.72 Å². The van der Waals surface area contributed by atoms with Crippen molar-refractivity contribution in [2.75, 3.05) is 5.32 Å². The molecular weight excluding hydrogens is 384 g/mol. The Kier molecular flexibility index (Phi) is 5.65. The van der Waals surface area contributed by atoms with Gasteiger partial charge in [-0.05, 0) is 49.1 Å². The molecule has 7 heteroatoms. The second-order valence-electron chi connectivity index (χ2n) is 7.46. The number of nitrogens with one attached hydrogen (secondary N) is 1. The quantitative estimate of drug-likeness (QED) is 0.586. The van der Waals surface area contributed by atoms with Crippen molar-refractivity contribution in [2.24, 2.45) is 0 Å². The normalized spacial score (nSPS) is 15.5. The van der Waals surface area contributed by atoms with Crippen LogP contribution in [0.5, 0.6) is 0 Å². The van der Waals surface area contributed by atoms with Gasteiger partial charge >= 0.3 is 0 Å². The van der Waals surface area contributed by atoms with E-state index in [1.165, 1.54) is 12.8 Å². The summed E-state index contributed by atoms with van der Waals surface area (Å²) < 4.78 is 23.5. The molecule has 1 aliphatic rings. The molecule has 0 spiro atoms. The summed E-state index contributed by atoms with van der Waals surface area (Å²) in [5.74, 6) is 0.646. The molecular formula is C22H24N4O2S. The summed E-state index contributed by atoms with van der Waals surface area (Å²) in [6.07, 6.45) is 5.34. The molecule has 1 fully saturated rings. The number of fused-ring (bicyclic) bond motifs is 1. The van der Waals surface area contributed by atoms with Crippen LogP contribution in [0.2, 0.25) is 0 Å². The highest BCUT2D eigenvalue weighted by Crippen LogP contribution is 2.36. The number of aromatic nitrogens is 2. The zero-order valence-corrected chi connectivity index (χ0v) is 17.2. The number of rotatable bonds is 6. The van der Waals surface area contributed by atoms with Crippen LogP contribution in [0.25, 0.3) is 16.6 Å². The Morgan fingerprint density at radius 3 is 2.79 bits per heavy atom. The number of hydrogen-bond acceptors (Lipinski definition) is 4. The standard InChI is InChI=1S/C22H24N4O2S/c1-2-18-10-11-20-21(16-7-5-6-15(12-16)13-23)19(14-29(27)28)22(25-26(18)20)24-17-8-3-4-9-17/h5-7,10-12,17H,2-4,8-9,14H2,1H3,(H,24,25)(H,27,28). The Morgan fingerprint density at radius 1 is 1.31 bits per heavy atom. The first kappa shape index (κ1) is 19.6. The number of hydrogen-bond donors (Lipinski definition) is 2. The van der Waals surface area contributed by atoms with Gasteiger partial charge < -0.3 is 9.87 Å². The molecule has 1 atom stereocenters. The predicted molar refractivity (Wildman–Crippen MR) is 115 cm³/mol. The smallest absolute Gasteiger partial charge is 0.157 e. The van der Waals surface area contributed by atoms with Gasteiger partial charge in [0.15, 0.2) is 16.9 Å². The lowest BCUT2D eigenvalue weighted by Gasteiger charge is -2.20. The molecule has 1 aliphatic carbocycles. The second-order valence-corrected chi connectivity index (χ2v) is 8.39. The maximum Gasteiger partial charge on any atom is 0.157 e. The molecule has 0 amide bonds. The Morgan fingerprint density at radius 2 is 2.10 bits per heavy atom. The molecule has 29 heavy (non-hydrogen) atoms. The summed E-state index contributed by atoms with van der Waals surface area (Å²) in [6, 6.07) is 13.9. The fraction of sp³-hybridized carbons (Fsp3) is 0.364. The Hall–Kier alpha value is -2.69. The maximum atomic E-state index is 11.9. The van der Waals surface area contributed by atoms with Crippen molar-refractivity contribution >= 4 is 22.4 Å². The van der Waals surface area contributed by atoms with Crippen molar-refractivity contribution in [3.05, 3.63) is 53.2 Å². The van der Waals surface area contributed by atoms with E-state index in [2.05, 4.69) is 18.3 Å². The minimum absolute atomic E-state index is 0.0166. The van der Waals surface area contributed by atoms with Crippen molar-refractivity contribution in [2.45, 2.75) is 50.8 Å². The van der Waals surface area contributed by atoms with Gasteiger partial charge in [0.25, 0.3) is 0 Å². The number of benzene rings is 1. The zero-order chi connectivity index (χ0) is 20.4. The SMILES string of the molecule is CCc1ccc2c(-c3cccc(C#N)c3)c(CS(=O)O)c(NC3CCCC3)nn12. The molecule has 2 aromatic heterocycles. The van der Waals surface area contributed by atoms with Gasteiger partial charge in [-0.2, -0.15) is 5.26 Å². The van der Waals surface area contributed by atoms with E-state index in [9.17, 15) is 14.0 Å². The molecule has 0 saturated heterocycles. The van der Waals surface area contributed by atoms with Crippen molar-refractivity contribution < 1.29 is 8.76 Å². The average molecular weight is 409 g/mol. The van der Waals surface area contributed by atoms with E-state index in [4.69, 9.17) is 5.10 Å². The van der Waals surface area contributed by atoms with Gasteiger partial charge in [-0.3, -0.25) is 0 Å². The number of anilines is 1. The van der Waals surface area contributed by atoms with E-state index in [1.807, 2.05) is 34.8 Å². The van der Waals surface area contributed by atoms with Gasteiger partial charge in [0, 0.05) is 22.9 Å². The van der Waals surface area contributed by atoms with Crippen LogP contribution >= 0.6 is 0 Å². The molecule has 6 nitrogen and oxygen atoms in total. The fourth-order valence-electron chi connectivity index (χ4n) is 4.19. The molecule has 150 valence electrons. The third-order valence-corrected chi connectivity index (χ3v) is 6.12. The van der Waals surface area contributed by atoms with E-state index in [1.54, 1.807) is 6.07 Å². The molecule has 1 saturated carbocycles. The minimum Gasteiger partial charge on any atom is -0.366 e. The summed E-state index contributed by atoms with van der Waals surface area (Å²) in [5.41, 5.74) is 4.95. The highest BCUT2D eigenvalue weighted by molar-refractivity contribution is 7.78. The highest BCUT2D eigenvalue weighted by Gasteiger charge is 2.23. The van der Waals surface area contributed by atoms with Gasteiger partial charge in [0.1, 0.15) is 0 Å². The largest absolute Gasteiger partial charge is 0.366 e. The van der Waals surface area contributed by atoms with Crippen molar-refractivity contribution in [3.8, 4) is 17.2 Å². The number of nitriles is 1. The zero-order valence-electron chi connectivity index (χ0n) is 16.4. The van der Waals surface area contributed by atoms with E-state index < -0.39 is 11.1 Å². The van der Waals surface area contributed by atoms with Crippen LogP contribution in [0.3, 0.4) is 0 Å². The Balaban J connectivity index is 1.99. The molecule has 0 bridgehead atoms. The molecule has 1 aromatic carbocycles. The summed E-state index contributed by atoms with van der Waals surface area (Å²) in [6.45, 7) is 2.08. The summed E-state index contributed by atoms with van der Waals surface area (Å²) in [7, 11) is 0. The van der Waals surface area contributed by atoms with E-state index in [-0.39, 0.29) is 5.75 Å². The van der Waals surface area contributed by atoms with Crippen LogP contribution < -0.4 is 5.32 Å². The summed E-state index contributed by atoms with van der Waals surface area (Å²) >= 11 is -2.01. The maximum absolute atomic E-state index is 11.9. The van der Waals surface area contributed by atoms with Gasteiger partial charge in [-0.15, -0.1) is 5.10 Å². The summed E-state index contributed by atoms with van der Waals surface area (Å²) in [4.78, 5) is 0. The van der Waals surface area contributed by atoms with Crippen LogP contribution in [-0.2, 0) is 23.3 Å². The molecule has 2 heterocycles. The molecule has 0 radical (unpaired) electrons. The first-order valence-corrected chi connectivity index (χ1v) is 11.3. The first-order valence-electron chi connectivity index (χ1n) is 9.98. The molecule has 0 aliphatic heterocycles. The summed E-state index contributed by atoms with van der Waals surface area (Å²) in [5, 5.41) is 17.7. The Labute approximate surface area is 172 Å². The van der Waals surface area contributed by atoms with Crippen molar-refractivity contribution in [3.63, 3.8) is 0 Å². The second kappa shape index (κ2) is 8.36. The van der Waals surface area contributed by atoms with Gasteiger partial charge in [0.2, 0.25) is 0 Å². The molecule has 3 aromatic rings. The van der Waals surface area contributed by atoms with Gasteiger partial charge in [-0.1, -0.05) is 31.9 Å². The van der Waals surface area contributed by atoms with Crippen LogP contribution in [-0.4, -0.2) is 24.4 Å².